The van der Waals surface area contributed by atoms with Crippen LogP contribution in [0.3, 0.4) is 0 Å². The third-order valence-electron chi connectivity index (χ3n) is 8.34. The molecule has 5 aromatic carbocycles. The maximum absolute atomic E-state index is 6.44. The number of aromatic nitrogens is 3. The monoisotopic (exact) mass is 594 g/mol. The van der Waals surface area contributed by atoms with Crippen LogP contribution >= 0.6 is 0 Å². The second kappa shape index (κ2) is 10.6. The number of para-hydroxylation sites is 3. The molecule has 0 amide bonds. The van der Waals surface area contributed by atoms with Gasteiger partial charge in [-0.25, -0.2) is 9.97 Å². The molecular formula is C40H26N4O2. The van der Waals surface area contributed by atoms with E-state index >= 15 is 0 Å². The van der Waals surface area contributed by atoms with Crippen LogP contribution in [0.5, 0.6) is 11.6 Å². The minimum absolute atomic E-state index is 0.511. The van der Waals surface area contributed by atoms with Crippen molar-refractivity contribution < 1.29 is 9.15 Å². The third kappa shape index (κ3) is 4.27. The molecule has 9 rings (SSSR count). The quantitative estimate of drug-likeness (QED) is 0.192. The number of hydrogen-bond acceptors (Lipinski definition) is 5. The van der Waals surface area contributed by atoms with Crippen molar-refractivity contribution in [3.8, 4) is 17.4 Å². The molecule has 46 heavy (non-hydrogen) atoms. The average Bonchev–Trinajstić information content (AvgIpc) is 3.65. The van der Waals surface area contributed by atoms with Gasteiger partial charge in [0.05, 0.1) is 22.1 Å². The number of ether oxygens (including phenoxy) is 1. The minimum Gasteiger partial charge on any atom is -0.456 e. The molecule has 218 valence electrons. The van der Waals surface area contributed by atoms with Crippen molar-refractivity contribution in [2.75, 3.05) is 4.90 Å². The van der Waals surface area contributed by atoms with Crippen molar-refractivity contribution in [1.29, 1.82) is 0 Å². The Morgan fingerprint density at radius 1 is 0.543 bits per heavy atom. The van der Waals surface area contributed by atoms with E-state index in [1.54, 1.807) is 6.20 Å². The molecule has 0 N–H and O–H groups in total. The van der Waals surface area contributed by atoms with Gasteiger partial charge in [-0.2, -0.15) is 0 Å². The zero-order valence-corrected chi connectivity index (χ0v) is 24.6. The Bertz CT molecular complexity index is 2510. The van der Waals surface area contributed by atoms with Crippen LogP contribution in [0, 0.1) is 0 Å². The van der Waals surface area contributed by atoms with E-state index in [1.807, 2.05) is 72.9 Å². The molecule has 6 heteroatoms. The average molecular weight is 595 g/mol. The van der Waals surface area contributed by atoms with Gasteiger partial charge in [0.2, 0.25) is 5.88 Å². The number of fused-ring (bicyclic) bond motifs is 6. The summed E-state index contributed by atoms with van der Waals surface area (Å²) < 4.78 is 15.0. The predicted molar refractivity (Wildman–Crippen MR) is 185 cm³/mol. The molecule has 0 saturated heterocycles. The fourth-order valence-electron chi connectivity index (χ4n) is 6.41. The van der Waals surface area contributed by atoms with Gasteiger partial charge in [-0.15, -0.1) is 0 Å². The number of nitrogens with zero attached hydrogens (tertiary/aromatic N) is 4. The van der Waals surface area contributed by atoms with E-state index < -0.39 is 0 Å². The van der Waals surface area contributed by atoms with Gasteiger partial charge >= 0.3 is 0 Å². The number of pyridine rings is 2. The molecule has 4 aromatic heterocycles. The fraction of sp³-hybridized carbons (Fsp3) is 0. The van der Waals surface area contributed by atoms with Gasteiger partial charge in [-0.05, 0) is 54.6 Å². The molecule has 9 aromatic rings. The maximum Gasteiger partial charge on any atom is 0.219 e. The molecule has 0 atom stereocenters. The topological polar surface area (TPSA) is 56.3 Å². The van der Waals surface area contributed by atoms with E-state index in [0.717, 1.165) is 61.2 Å². The van der Waals surface area contributed by atoms with Crippen LogP contribution < -0.4 is 9.64 Å². The first-order valence-electron chi connectivity index (χ1n) is 15.2. The lowest BCUT2D eigenvalue weighted by molar-refractivity contribution is 0.463. The number of furan rings is 1. The Balaban J connectivity index is 1.34. The lowest BCUT2D eigenvalue weighted by Gasteiger charge is -2.27. The van der Waals surface area contributed by atoms with E-state index in [9.17, 15) is 0 Å². The molecule has 4 heterocycles. The van der Waals surface area contributed by atoms with Crippen molar-refractivity contribution in [3.63, 3.8) is 0 Å². The summed E-state index contributed by atoms with van der Waals surface area (Å²) in [5.41, 5.74) is 6.63. The van der Waals surface area contributed by atoms with E-state index in [0.29, 0.717) is 11.6 Å². The van der Waals surface area contributed by atoms with Crippen LogP contribution in [0.15, 0.2) is 162 Å². The summed E-state index contributed by atoms with van der Waals surface area (Å²) in [5, 5.41) is 4.36. The van der Waals surface area contributed by atoms with Gasteiger partial charge < -0.3 is 14.1 Å². The number of hydrogen-bond donors (Lipinski definition) is 0. The molecule has 0 saturated carbocycles. The van der Waals surface area contributed by atoms with Crippen LogP contribution in [0.25, 0.3) is 49.6 Å². The summed E-state index contributed by atoms with van der Waals surface area (Å²) in [6.45, 7) is 0. The second-order valence-corrected chi connectivity index (χ2v) is 11.1. The van der Waals surface area contributed by atoms with Gasteiger partial charge in [0.25, 0.3) is 0 Å². The highest BCUT2D eigenvalue weighted by Gasteiger charge is 2.23. The van der Waals surface area contributed by atoms with E-state index in [1.165, 1.54) is 5.39 Å². The first-order chi connectivity index (χ1) is 22.8. The second-order valence-electron chi connectivity index (χ2n) is 11.1. The highest BCUT2D eigenvalue weighted by atomic mass is 16.5. The van der Waals surface area contributed by atoms with Gasteiger partial charge in [0.15, 0.2) is 0 Å². The molecular weight excluding hydrogens is 568 g/mol. The van der Waals surface area contributed by atoms with Crippen molar-refractivity contribution in [2.24, 2.45) is 0 Å². The zero-order chi connectivity index (χ0) is 30.5. The smallest absolute Gasteiger partial charge is 0.219 e. The molecule has 6 nitrogen and oxygen atoms in total. The molecule has 0 radical (unpaired) electrons. The lowest BCUT2D eigenvalue weighted by Crippen LogP contribution is -2.10. The Morgan fingerprint density at radius 3 is 2.11 bits per heavy atom. The summed E-state index contributed by atoms with van der Waals surface area (Å²) in [7, 11) is 0. The summed E-state index contributed by atoms with van der Waals surface area (Å²) in [5.74, 6) is 2.01. The third-order valence-corrected chi connectivity index (χ3v) is 8.34. The standard InChI is InChI=1S/C40H26N4O2/c1-2-12-27(13-3-1)43(28-20-21-31-30-14-4-6-16-33(30)44(34(31)24-28)38-18-8-10-22-41-38)35-25-29(45-39-19-9-11-23-42-39)26-37-40(35)32-15-5-7-17-36(32)46-37/h1-26H. The summed E-state index contributed by atoms with van der Waals surface area (Å²) >= 11 is 0. The van der Waals surface area contributed by atoms with Crippen LogP contribution in [0.4, 0.5) is 17.1 Å². The highest BCUT2D eigenvalue weighted by molar-refractivity contribution is 6.15. The normalized spacial score (nSPS) is 11.5. The number of anilines is 3. The van der Waals surface area contributed by atoms with Gasteiger partial charge in [0, 0.05) is 58.1 Å². The Labute approximate surface area is 264 Å². The predicted octanol–water partition coefficient (Wildman–Crippen LogP) is 10.7. The molecule has 0 aliphatic rings. The van der Waals surface area contributed by atoms with Gasteiger partial charge in [-0.3, -0.25) is 4.57 Å². The SMILES string of the molecule is c1ccc(N(c2ccc3c4ccccc4n(-c4ccccn4)c3c2)c2cc(Oc3ccccn3)cc3oc4ccccc4c23)cc1. The van der Waals surface area contributed by atoms with Crippen molar-refractivity contribution in [2.45, 2.75) is 0 Å². The summed E-state index contributed by atoms with van der Waals surface area (Å²) in [6, 6.07) is 49.3. The van der Waals surface area contributed by atoms with Crippen LogP contribution in [0.2, 0.25) is 0 Å². The number of rotatable bonds is 6. The van der Waals surface area contributed by atoms with Crippen LogP contribution in [0.1, 0.15) is 0 Å². The van der Waals surface area contributed by atoms with Crippen molar-refractivity contribution >= 4 is 60.8 Å². The molecule has 0 bridgehead atoms. The summed E-state index contributed by atoms with van der Waals surface area (Å²) in [6.07, 6.45) is 3.56. The van der Waals surface area contributed by atoms with Crippen LogP contribution in [-0.2, 0) is 0 Å². The highest BCUT2D eigenvalue weighted by Crippen LogP contribution is 2.46. The Kier molecular flexibility index (Phi) is 6.03. The molecule has 0 aliphatic carbocycles. The fourth-order valence-corrected chi connectivity index (χ4v) is 6.41. The van der Waals surface area contributed by atoms with Crippen molar-refractivity contribution in [1.82, 2.24) is 14.5 Å². The summed E-state index contributed by atoms with van der Waals surface area (Å²) in [4.78, 5) is 11.4. The van der Waals surface area contributed by atoms with E-state index in [-0.39, 0.29) is 0 Å². The van der Waals surface area contributed by atoms with E-state index in [2.05, 4.69) is 93.3 Å². The van der Waals surface area contributed by atoms with Gasteiger partial charge in [0.1, 0.15) is 22.7 Å². The minimum atomic E-state index is 0.511. The Hall–Kier alpha value is -6.40. The number of benzene rings is 5. The molecule has 0 unspecified atom stereocenters. The first-order valence-corrected chi connectivity index (χ1v) is 15.2. The van der Waals surface area contributed by atoms with Crippen LogP contribution in [-0.4, -0.2) is 14.5 Å². The maximum atomic E-state index is 6.44. The molecule has 0 aliphatic heterocycles. The van der Waals surface area contributed by atoms with Gasteiger partial charge in [-0.1, -0.05) is 72.8 Å². The molecule has 0 spiro atoms. The van der Waals surface area contributed by atoms with E-state index in [4.69, 9.17) is 14.1 Å². The molecule has 0 fully saturated rings. The lowest BCUT2D eigenvalue weighted by atomic mass is 10.1. The van der Waals surface area contributed by atoms with Crippen molar-refractivity contribution in [3.05, 3.63) is 158 Å². The first kappa shape index (κ1) is 26.0. The largest absolute Gasteiger partial charge is 0.456 e. The Morgan fingerprint density at radius 2 is 1.28 bits per heavy atom. The zero-order valence-electron chi connectivity index (χ0n) is 24.6.